The molecule has 0 spiro atoms. The summed E-state index contributed by atoms with van der Waals surface area (Å²) in [5.41, 5.74) is 10.5. The van der Waals surface area contributed by atoms with Crippen molar-refractivity contribution in [2.45, 2.75) is 0 Å². The number of hydrogen-bond acceptors (Lipinski definition) is 5. The molecule has 0 saturated carbocycles. The number of pyridine rings is 1. The van der Waals surface area contributed by atoms with Crippen molar-refractivity contribution in [1.82, 2.24) is 15.0 Å². The summed E-state index contributed by atoms with van der Waals surface area (Å²) >= 11 is 3.70. The first kappa shape index (κ1) is 33.1. The molecule has 0 saturated heterocycles. The molecule has 0 bridgehead atoms. The van der Waals surface area contributed by atoms with Crippen LogP contribution < -0.4 is 0 Å². The van der Waals surface area contributed by atoms with Gasteiger partial charge in [0.05, 0.1) is 22.6 Å². The minimum Gasteiger partial charge on any atom is -0.247 e. The van der Waals surface area contributed by atoms with Gasteiger partial charge >= 0.3 is 0 Å². The summed E-state index contributed by atoms with van der Waals surface area (Å²) in [6, 6.07) is 67.0. The number of rotatable bonds is 5. The Morgan fingerprint density at radius 3 is 1.72 bits per heavy atom. The van der Waals surface area contributed by atoms with E-state index in [-0.39, 0.29) is 0 Å². The first-order valence-electron chi connectivity index (χ1n) is 19.4. The molecular weight excluding hydrogens is 743 g/mol. The molecule has 12 aromatic rings. The van der Waals surface area contributed by atoms with Gasteiger partial charge < -0.3 is 0 Å². The molecule has 5 heteroatoms. The Kier molecular flexibility index (Phi) is 7.58. The maximum Gasteiger partial charge on any atom is 0.160 e. The highest BCUT2D eigenvalue weighted by molar-refractivity contribution is 7.27. The Balaban J connectivity index is 1.08. The number of benzene rings is 8. The molecule has 4 aromatic heterocycles. The first-order chi connectivity index (χ1) is 28.7. The fourth-order valence-corrected chi connectivity index (χ4v) is 11.1. The number of hydrogen-bond donors (Lipinski definition) is 0. The fraction of sp³-hybridized carbons (Fsp3) is 0. The van der Waals surface area contributed by atoms with Crippen LogP contribution in [0.1, 0.15) is 0 Å². The molecule has 0 atom stereocenters. The molecule has 0 aliphatic carbocycles. The number of nitrogens with zero attached hydrogens (tertiary/aromatic N) is 3. The molecular formula is C53H31N3S2. The summed E-state index contributed by atoms with van der Waals surface area (Å²) in [4.78, 5) is 15.7. The lowest BCUT2D eigenvalue weighted by molar-refractivity contribution is 1.19. The van der Waals surface area contributed by atoms with Crippen molar-refractivity contribution in [2.75, 3.05) is 0 Å². The van der Waals surface area contributed by atoms with Gasteiger partial charge in [0.25, 0.3) is 0 Å². The SMILES string of the molecule is c1ccc(-c2cc(-c3cccc4c3sc3c(-c5ccc6c(c5)nc(-c5ccccc5)c5ccc7sc8ccccc8c7c56)cccc34)nc(-c3ccccc3)n2)cc1. The van der Waals surface area contributed by atoms with Gasteiger partial charge in [0.1, 0.15) is 0 Å². The Labute approximate surface area is 342 Å². The number of thiophene rings is 2. The van der Waals surface area contributed by atoms with Gasteiger partial charge in [0, 0.05) is 78.8 Å². The third-order valence-electron chi connectivity index (χ3n) is 11.3. The second-order valence-corrected chi connectivity index (χ2v) is 16.8. The lowest BCUT2D eigenvalue weighted by Crippen LogP contribution is -1.95. The van der Waals surface area contributed by atoms with E-state index in [4.69, 9.17) is 15.0 Å². The molecule has 3 nitrogen and oxygen atoms in total. The molecule has 0 amide bonds. The zero-order valence-electron chi connectivity index (χ0n) is 31.1. The predicted octanol–water partition coefficient (Wildman–Crippen LogP) is 15.2. The summed E-state index contributed by atoms with van der Waals surface area (Å²) in [6.45, 7) is 0. The second-order valence-electron chi connectivity index (χ2n) is 14.7. The zero-order chi connectivity index (χ0) is 38.2. The number of aromatic nitrogens is 3. The highest BCUT2D eigenvalue weighted by atomic mass is 32.1. The van der Waals surface area contributed by atoms with Crippen molar-refractivity contribution < 1.29 is 0 Å². The van der Waals surface area contributed by atoms with Crippen LogP contribution in [0.3, 0.4) is 0 Å². The molecule has 0 aliphatic rings. The highest BCUT2D eigenvalue weighted by Crippen LogP contribution is 2.47. The Hall–Kier alpha value is -7.05. The van der Waals surface area contributed by atoms with E-state index in [1.807, 2.05) is 46.9 Å². The van der Waals surface area contributed by atoms with Crippen molar-refractivity contribution in [1.29, 1.82) is 0 Å². The Morgan fingerprint density at radius 2 is 0.948 bits per heavy atom. The summed E-state index contributed by atoms with van der Waals surface area (Å²) in [6.07, 6.45) is 0. The van der Waals surface area contributed by atoms with E-state index in [0.717, 1.165) is 56.2 Å². The van der Waals surface area contributed by atoms with E-state index < -0.39 is 0 Å². The van der Waals surface area contributed by atoms with Crippen molar-refractivity contribution in [3.63, 3.8) is 0 Å². The molecule has 58 heavy (non-hydrogen) atoms. The minimum atomic E-state index is 0.717. The minimum absolute atomic E-state index is 0.717. The van der Waals surface area contributed by atoms with Crippen molar-refractivity contribution in [3.05, 3.63) is 188 Å². The summed E-state index contributed by atoms with van der Waals surface area (Å²) < 4.78 is 5.06. The summed E-state index contributed by atoms with van der Waals surface area (Å²) in [5.74, 6) is 0.717. The van der Waals surface area contributed by atoms with Gasteiger partial charge in [0.15, 0.2) is 5.82 Å². The van der Waals surface area contributed by atoms with Gasteiger partial charge in [0.2, 0.25) is 0 Å². The van der Waals surface area contributed by atoms with Gasteiger partial charge in [-0.25, -0.2) is 15.0 Å². The zero-order valence-corrected chi connectivity index (χ0v) is 32.7. The average molecular weight is 774 g/mol. The molecule has 8 aromatic carbocycles. The monoisotopic (exact) mass is 773 g/mol. The van der Waals surface area contributed by atoms with Crippen LogP contribution in [-0.4, -0.2) is 15.0 Å². The molecule has 0 unspecified atom stereocenters. The Bertz CT molecular complexity index is 3500. The third-order valence-corrected chi connectivity index (χ3v) is 13.7. The molecule has 0 fully saturated rings. The maximum absolute atomic E-state index is 5.47. The standard InChI is InChI=1S/C53H31N3S2/c1-4-14-32(15-5-1)43-31-45(56-53(55-43)34-18-8-3-9-19-34)40-24-13-23-38-37-22-12-21-36(51(37)58-52(38)40)35-26-27-39-44(30-35)54-50(33-16-6-2-7-17-33)42-28-29-47-49(48(39)42)41-20-10-11-25-46(41)57-47/h1-31H. The second kappa shape index (κ2) is 13.3. The Morgan fingerprint density at radius 1 is 0.328 bits per heavy atom. The molecule has 0 N–H and O–H groups in total. The lowest BCUT2D eigenvalue weighted by Gasteiger charge is -2.13. The summed E-state index contributed by atoms with van der Waals surface area (Å²) in [7, 11) is 0. The van der Waals surface area contributed by atoms with Gasteiger partial charge in [-0.2, -0.15) is 0 Å². The first-order valence-corrected chi connectivity index (χ1v) is 21.1. The molecule has 0 aliphatic heterocycles. The van der Waals surface area contributed by atoms with Gasteiger partial charge in [-0.1, -0.05) is 164 Å². The van der Waals surface area contributed by atoms with E-state index in [0.29, 0.717) is 0 Å². The van der Waals surface area contributed by atoms with E-state index >= 15 is 0 Å². The average Bonchev–Trinajstić information content (AvgIpc) is 3.88. The van der Waals surface area contributed by atoms with Crippen molar-refractivity contribution >= 4 is 84.7 Å². The van der Waals surface area contributed by atoms with Crippen molar-refractivity contribution in [3.8, 4) is 56.3 Å². The highest BCUT2D eigenvalue weighted by Gasteiger charge is 2.20. The van der Waals surface area contributed by atoms with E-state index in [9.17, 15) is 0 Å². The third kappa shape index (κ3) is 5.28. The molecule has 270 valence electrons. The van der Waals surface area contributed by atoms with E-state index in [2.05, 4.69) is 164 Å². The smallest absolute Gasteiger partial charge is 0.160 e. The van der Waals surface area contributed by atoms with Crippen LogP contribution in [0, 0.1) is 0 Å². The molecule has 0 radical (unpaired) electrons. The summed E-state index contributed by atoms with van der Waals surface area (Å²) in [5, 5.41) is 8.69. The van der Waals surface area contributed by atoms with Crippen LogP contribution in [0.5, 0.6) is 0 Å². The van der Waals surface area contributed by atoms with Crippen molar-refractivity contribution in [2.24, 2.45) is 0 Å². The van der Waals surface area contributed by atoms with Crippen LogP contribution in [0.2, 0.25) is 0 Å². The van der Waals surface area contributed by atoms with Crippen LogP contribution in [0.15, 0.2) is 188 Å². The molecule has 4 heterocycles. The topological polar surface area (TPSA) is 38.7 Å². The van der Waals surface area contributed by atoms with Crippen LogP contribution in [-0.2, 0) is 0 Å². The predicted molar refractivity (Wildman–Crippen MR) is 248 cm³/mol. The van der Waals surface area contributed by atoms with Crippen LogP contribution >= 0.6 is 22.7 Å². The van der Waals surface area contributed by atoms with Crippen LogP contribution in [0.4, 0.5) is 0 Å². The van der Waals surface area contributed by atoms with E-state index in [1.54, 1.807) is 0 Å². The van der Waals surface area contributed by atoms with Crippen LogP contribution in [0.25, 0.3) is 118 Å². The quantitative estimate of drug-likeness (QED) is 0.164. The fourth-order valence-electron chi connectivity index (χ4n) is 8.60. The maximum atomic E-state index is 5.47. The van der Waals surface area contributed by atoms with Gasteiger partial charge in [-0.15, -0.1) is 22.7 Å². The lowest BCUT2D eigenvalue weighted by atomic mass is 9.94. The number of fused-ring (bicyclic) bond motifs is 10. The van der Waals surface area contributed by atoms with Gasteiger partial charge in [-0.3, -0.25) is 0 Å². The van der Waals surface area contributed by atoms with Gasteiger partial charge in [-0.05, 0) is 35.4 Å². The molecule has 12 rings (SSSR count). The largest absolute Gasteiger partial charge is 0.247 e. The van der Waals surface area contributed by atoms with E-state index in [1.165, 1.54) is 62.1 Å². The normalized spacial score (nSPS) is 11.8.